The number of hydrogen-bond donors (Lipinski definition) is 1. The number of ether oxygens (including phenoxy) is 2. The quantitative estimate of drug-likeness (QED) is 0.538. The summed E-state index contributed by atoms with van der Waals surface area (Å²) in [7, 11) is 0. The molecule has 0 rings (SSSR count). The first-order valence-electron chi connectivity index (χ1n) is 5.04. The molecule has 1 atom stereocenters. The van der Waals surface area contributed by atoms with Crippen LogP contribution in [0, 0.1) is 17.8 Å². The van der Waals surface area contributed by atoms with Crippen LogP contribution in [0.3, 0.4) is 0 Å². The molecule has 0 aliphatic rings. The first-order valence-corrected chi connectivity index (χ1v) is 5.04. The van der Waals surface area contributed by atoms with Gasteiger partial charge in [0, 0.05) is 13.2 Å². The zero-order valence-electron chi connectivity index (χ0n) is 9.41. The first kappa shape index (κ1) is 13.4. The topological polar surface area (TPSA) is 38.7 Å². The molecule has 0 unspecified atom stereocenters. The molecular weight excluding hydrogens is 180 g/mol. The largest absolute Gasteiger partial charge is 0.380 e. The molecule has 3 heteroatoms. The predicted molar refractivity (Wildman–Crippen MR) is 55.7 cm³/mol. The third-order valence-corrected chi connectivity index (χ3v) is 1.62. The molecule has 0 heterocycles. The minimum absolute atomic E-state index is 0.131. The summed E-state index contributed by atoms with van der Waals surface area (Å²) in [5.74, 6) is 5.60. The number of aliphatic hydroxyl groups excluding tert-OH is 1. The lowest BCUT2D eigenvalue weighted by atomic mass is 10.1. The second-order valence-corrected chi connectivity index (χ2v) is 3.22. The van der Waals surface area contributed by atoms with Crippen molar-refractivity contribution in [2.75, 3.05) is 13.2 Å². The molecule has 0 bridgehead atoms. The first-order chi connectivity index (χ1) is 6.61. The maximum Gasteiger partial charge on any atom is 0.222 e. The van der Waals surface area contributed by atoms with Gasteiger partial charge in [0.2, 0.25) is 6.29 Å². The van der Waals surface area contributed by atoms with Crippen LogP contribution in [0.1, 0.15) is 27.7 Å². The molecule has 0 aliphatic carbocycles. The molecule has 0 fully saturated rings. The maximum absolute atomic E-state index is 9.43. The molecule has 0 spiro atoms. The number of aliphatic hydroxyl groups is 1. The Balaban J connectivity index is 4.10. The molecule has 82 valence electrons. The Hall–Kier alpha value is -0.560. The van der Waals surface area contributed by atoms with Gasteiger partial charge in [0.1, 0.15) is 6.10 Å². The Bertz CT molecular complexity index is 184. The van der Waals surface area contributed by atoms with Crippen molar-refractivity contribution >= 4 is 0 Å². The summed E-state index contributed by atoms with van der Waals surface area (Å²) in [5.41, 5.74) is 0. The fourth-order valence-electron chi connectivity index (χ4n) is 0.754. The van der Waals surface area contributed by atoms with E-state index in [2.05, 4.69) is 11.8 Å². The van der Waals surface area contributed by atoms with E-state index in [1.54, 1.807) is 0 Å². The van der Waals surface area contributed by atoms with Gasteiger partial charge in [-0.2, -0.15) is 0 Å². The van der Waals surface area contributed by atoms with Gasteiger partial charge < -0.3 is 14.6 Å². The van der Waals surface area contributed by atoms with Crippen molar-refractivity contribution in [3.05, 3.63) is 0 Å². The minimum atomic E-state index is -0.613. The molecule has 0 aromatic heterocycles. The molecule has 0 aromatic rings. The van der Waals surface area contributed by atoms with Crippen LogP contribution in [0.25, 0.3) is 0 Å². The van der Waals surface area contributed by atoms with Crippen LogP contribution in [-0.2, 0) is 9.47 Å². The lowest BCUT2D eigenvalue weighted by molar-refractivity contribution is -0.0972. The van der Waals surface area contributed by atoms with Crippen molar-refractivity contribution in [1.82, 2.24) is 0 Å². The molecule has 0 saturated carbocycles. The zero-order chi connectivity index (χ0) is 11.0. The van der Waals surface area contributed by atoms with E-state index in [9.17, 15) is 5.11 Å². The molecule has 3 nitrogen and oxygen atoms in total. The Morgan fingerprint density at radius 1 is 1.07 bits per heavy atom. The molecule has 0 saturated heterocycles. The second kappa shape index (κ2) is 7.81. The average Bonchev–Trinajstić information content (AvgIpc) is 2.14. The van der Waals surface area contributed by atoms with Crippen LogP contribution < -0.4 is 0 Å². The highest BCUT2D eigenvalue weighted by atomic mass is 16.7. The maximum atomic E-state index is 9.43. The van der Waals surface area contributed by atoms with Gasteiger partial charge in [-0.25, -0.2) is 0 Å². The van der Waals surface area contributed by atoms with Crippen LogP contribution >= 0.6 is 0 Å². The molecule has 0 aliphatic heterocycles. The highest BCUT2D eigenvalue weighted by Crippen LogP contribution is 2.00. The van der Waals surface area contributed by atoms with Crippen molar-refractivity contribution in [2.24, 2.45) is 5.92 Å². The van der Waals surface area contributed by atoms with Gasteiger partial charge in [-0.15, -0.1) is 0 Å². The Morgan fingerprint density at radius 2 is 1.57 bits per heavy atom. The van der Waals surface area contributed by atoms with E-state index in [-0.39, 0.29) is 5.92 Å². The smallest absolute Gasteiger partial charge is 0.222 e. The predicted octanol–water partition coefficient (Wildman–Crippen LogP) is 1.41. The lowest BCUT2D eigenvalue weighted by Crippen LogP contribution is -2.17. The summed E-state index contributed by atoms with van der Waals surface area (Å²) in [6.45, 7) is 8.69. The SMILES string of the molecule is CCOC(C#C[C@H](O)C(C)C)OCC. The summed E-state index contributed by atoms with van der Waals surface area (Å²) in [5, 5.41) is 9.43. The molecule has 14 heavy (non-hydrogen) atoms. The van der Waals surface area contributed by atoms with Gasteiger partial charge in [-0.1, -0.05) is 19.8 Å². The summed E-state index contributed by atoms with van der Waals surface area (Å²) < 4.78 is 10.4. The highest BCUT2D eigenvalue weighted by molar-refractivity contribution is 5.07. The van der Waals surface area contributed by atoms with Crippen molar-refractivity contribution in [3.8, 4) is 11.8 Å². The van der Waals surface area contributed by atoms with E-state index < -0.39 is 12.4 Å². The van der Waals surface area contributed by atoms with E-state index >= 15 is 0 Å². The minimum Gasteiger partial charge on any atom is -0.380 e. The van der Waals surface area contributed by atoms with Gasteiger partial charge in [0.05, 0.1) is 0 Å². The van der Waals surface area contributed by atoms with E-state index in [4.69, 9.17) is 9.47 Å². The second-order valence-electron chi connectivity index (χ2n) is 3.22. The standard InChI is InChI=1S/C11H20O3/c1-5-13-11(14-6-2)8-7-10(12)9(3)4/h9-12H,5-6H2,1-4H3/t10-/m0/s1. The van der Waals surface area contributed by atoms with Gasteiger partial charge in [-0.05, 0) is 25.7 Å². The fraction of sp³-hybridized carbons (Fsp3) is 0.818. The third-order valence-electron chi connectivity index (χ3n) is 1.62. The van der Waals surface area contributed by atoms with E-state index in [0.717, 1.165) is 0 Å². The monoisotopic (exact) mass is 200 g/mol. The molecule has 1 N–H and O–H groups in total. The summed E-state index contributed by atoms with van der Waals surface area (Å²) in [6.07, 6.45) is -1.13. The Morgan fingerprint density at radius 3 is 1.93 bits per heavy atom. The molecule has 0 radical (unpaired) electrons. The van der Waals surface area contributed by atoms with Crippen LogP contribution in [0.4, 0.5) is 0 Å². The zero-order valence-corrected chi connectivity index (χ0v) is 9.41. The van der Waals surface area contributed by atoms with Gasteiger partial charge in [0.25, 0.3) is 0 Å². The highest BCUT2D eigenvalue weighted by Gasteiger charge is 2.06. The van der Waals surface area contributed by atoms with Gasteiger partial charge >= 0.3 is 0 Å². The van der Waals surface area contributed by atoms with Crippen molar-refractivity contribution < 1.29 is 14.6 Å². The summed E-state index contributed by atoms with van der Waals surface area (Å²) in [4.78, 5) is 0. The van der Waals surface area contributed by atoms with Crippen LogP contribution in [0.2, 0.25) is 0 Å². The van der Waals surface area contributed by atoms with Crippen molar-refractivity contribution in [2.45, 2.75) is 40.1 Å². The normalized spacial score (nSPS) is 12.8. The number of rotatable bonds is 5. The third kappa shape index (κ3) is 5.98. The number of hydrogen-bond acceptors (Lipinski definition) is 3. The van der Waals surface area contributed by atoms with Crippen molar-refractivity contribution in [3.63, 3.8) is 0 Å². The van der Waals surface area contributed by atoms with Crippen molar-refractivity contribution in [1.29, 1.82) is 0 Å². The average molecular weight is 200 g/mol. The van der Waals surface area contributed by atoms with Gasteiger partial charge in [0.15, 0.2) is 0 Å². The Labute approximate surface area is 86.4 Å². The molecule has 0 amide bonds. The summed E-state index contributed by atoms with van der Waals surface area (Å²) >= 11 is 0. The van der Waals surface area contributed by atoms with Crippen LogP contribution in [0.15, 0.2) is 0 Å². The Kier molecular flexibility index (Phi) is 7.50. The van der Waals surface area contributed by atoms with Gasteiger partial charge in [-0.3, -0.25) is 0 Å². The van der Waals surface area contributed by atoms with E-state index in [1.165, 1.54) is 0 Å². The van der Waals surface area contributed by atoms with E-state index in [0.29, 0.717) is 13.2 Å². The molecular formula is C11H20O3. The van der Waals surface area contributed by atoms with E-state index in [1.807, 2.05) is 27.7 Å². The molecule has 0 aromatic carbocycles. The van der Waals surface area contributed by atoms with Crippen LogP contribution in [-0.4, -0.2) is 30.7 Å². The van der Waals surface area contributed by atoms with Crippen LogP contribution in [0.5, 0.6) is 0 Å². The summed E-state index contributed by atoms with van der Waals surface area (Å²) in [6, 6.07) is 0. The fourth-order valence-corrected chi connectivity index (χ4v) is 0.754. The lowest BCUT2D eigenvalue weighted by Gasteiger charge is -2.11.